The normalized spacial score (nSPS) is 11.6. The van der Waals surface area contributed by atoms with Crippen LogP contribution in [0, 0.1) is 0 Å². The van der Waals surface area contributed by atoms with Gasteiger partial charge in [0.15, 0.2) is 11.5 Å². The molecule has 0 aliphatic rings. The molecule has 2 aromatic carbocycles. The molecule has 1 unspecified atom stereocenters. The molecule has 1 amide bonds. The van der Waals surface area contributed by atoms with Crippen molar-refractivity contribution < 1.29 is 23.9 Å². The van der Waals surface area contributed by atoms with Crippen molar-refractivity contribution in [2.45, 2.75) is 12.8 Å². The van der Waals surface area contributed by atoms with E-state index in [1.165, 1.54) is 10.5 Å². The molecule has 0 saturated heterocycles. The summed E-state index contributed by atoms with van der Waals surface area (Å²) in [6.45, 7) is 1.69. The monoisotopic (exact) mass is 373 g/mol. The van der Waals surface area contributed by atoms with E-state index in [0.717, 1.165) is 31.0 Å². The third-order valence-corrected chi connectivity index (χ3v) is 4.45. The zero-order valence-corrected chi connectivity index (χ0v) is 16.5. The quantitative estimate of drug-likeness (QED) is 0.667. The fourth-order valence-corrected chi connectivity index (χ4v) is 2.81. The van der Waals surface area contributed by atoms with Crippen molar-refractivity contribution in [3.05, 3.63) is 48.0 Å². The molecule has 2 rings (SSSR count). The predicted octanol–water partition coefficient (Wildman–Crippen LogP) is 1.80. The number of carbonyl (C=O) groups excluding carboxylic acids is 1. The number of para-hydroxylation sites is 2. The third kappa shape index (κ3) is 6.18. The second-order valence-corrected chi connectivity index (χ2v) is 6.39. The molecule has 6 heteroatoms. The lowest BCUT2D eigenvalue weighted by Crippen LogP contribution is -3.09. The number of hydrogen-bond donors (Lipinski definition) is 2. The minimum atomic E-state index is -0.00929. The number of anilines is 1. The van der Waals surface area contributed by atoms with Gasteiger partial charge in [-0.15, -0.1) is 0 Å². The zero-order chi connectivity index (χ0) is 19.6. The number of benzene rings is 2. The predicted molar refractivity (Wildman–Crippen MR) is 106 cm³/mol. The maximum atomic E-state index is 12.2. The molecule has 0 radical (unpaired) electrons. The largest absolute Gasteiger partial charge is 0.495 e. The Bertz CT molecular complexity index is 749. The van der Waals surface area contributed by atoms with Gasteiger partial charge in [-0.1, -0.05) is 18.2 Å². The van der Waals surface area contributed by atoms with Crippen LogP contribution in [0.5, 0.6) is 17.2 Å². The highest BCUT2D eigenvalue weighted by molar-refractivity contribution is 5.92. The van der Waals surface area contributed by atoms with Crippen LogP contribution in [0.15, 0.2) is 42.5 Å². The topological polar surface area (TPSA) is 61.2 Å². The molecule has 2 N–H and O–H groups in total. The Morgan fingerprint density at radius 3 is 2.33 bits per heavy atom. The van der Waals surface area contributed by atoms with Crippen molar-refractivity contribution in [2.75, 3.05) is 46.8 Å². The van der Waals surface area contributed by atoms with E-state index >= 15 is 0 Å². The van der Waals surface area contributed by atoms with Crippen molar-refractivity contribution in [1.82, 2.24) is 0 Å². The SMILES string of the molecule is COc1ccccc1NC(=O)CC[NH+](C)CCc1ccc(OC)c(OC)c1. The van der Waals surface area contributed by atoms with Crippen LogP contribution in [-0.4, -0.2) is 47.4 Å². The van der Waals surface area contributed by atoms with Gasteiger partial charge in [-0.2, -0.15) is 0 Å². The molecule has 0 saturated carbocycles. The third-order valence-electron chi connectivity index (χ3n) is 4.45. The number of nitrogens with one attached hydrogen (secondary N) is 2. The first-order valence-corrected chi connectivity index (χ1v) is 9.02. The summed E-state index contributed by atoms with van der Waals surface area (Å²) < 4.78 is 15.9. The lowest BCUT2D eigenvalue weighted by atomic mass is 10.1. The van der Waals surface area contributed by atoms with E-state index in [1.807, 2.05) is 42.5 Å². The number of amides is 1. The number of hydrogen-bond acceptors (Lipinski definition) is 4. The number of ether oxygens (including phenoxy) is 3. The summed E-state index contributed by atoms with van der Waals surface area (Å²) in [5.74, 6) is 2.13. The van der Waals surface area contributed by atoms with Crippen molar-refractivity contribution in [1.29, 1.82) is 0 Å². The highest BCUT2D eigenvalue weighted by Gasteiger charge is 2.11. The first kappa shape index (κ1) is 20.6. The van der Waals surface area contributed by atoms with E-state index in [4.69, 9.17) is 14.2 Å². The maximum absolute atomic E-state index is 12.2. The number of rotatable bonds is 10. The highest BCUT2D eigenvalue weighted by Crippen LogP contribution is 2.27. The van der Waals surface area contributed by atoms with Gasteiger partial charge in [0.2, 0.25) is 5.91 Å². The van der Waals surface area contributed by atoms with Gasteiger partial charge in [0.05, 0.1) is 53.6 Å². The van der Waals surface area contributed by atoms with Crippen LogP contribution in [0.4, 0.5) is 5.69 Å². The molecule has 146 valence electrons. The van der Waals surface area contributed by atoms with Crippen molar-refractivity contribution in [2.24, 2.45) is 0 Å². The molecule has 27 heavy (non-hydrogen) atoms. The molecule has 0 aliphatic heterocycles. The average molecular weight is 373 g/mol. The van der Waals surface area contributed by atoms with Crippen LogP contribution < -0.4 is 24.4 Å². The minimum absolute atomic E-state index is 0.00929. The standard InChI is InChI=1S/C21H28N2O4/c1-23(13-11-16-9-10-19(26-3)20(15-16)27-4)14-12-21(24)22-17-7-5-6-8-18(17)25-2/h5-10,15H,11-14H2,1-4H3,(H,22,24)/p+1. The number of likely N-dealkylation sites (N-methyl/N-ethyl adjacent to an activating group) is 1. The van der Waals surface area contributed by atoms with Gasteiger partial charge in [-0.25, -0.2) is 0 Å². The molecule has 1 atom stereocenters. The molecule has 0 aliphatic carbocycles. The van der Waals surface area contributed by atoms with Crippen LogP contribution in [0.1, 0.15) is 12.0 Å². The Morgan fingerprint density at radius 1 is 0.926 bits per heavy atom. The van der Waals surface area contributed by atoms with Gasteiger partial charge in [0, 0.05) is 6.42 Å². The van der Waals surface area contributed by atoms with Crippen LogP contribution >= 0.6 is 0 Å². The molecule has 0 aromatic heterocycles. The second kappa shape index (κ2) is 10.4. The summed E-state index contributed by atoms with van der Waals surface area (Å²) in [5.41, 5.74) is 1.89. The van der Waals surface area contributed by atoms with Crippen LogP contribution in [0.3, 0.4) is 0 Å². The average Bonchev–Trinajstić information content (AvgIpc) is 2.70. The van der Waals surface area contributed by atoms with Crippen molar-refractivity contribution in [3.8, 4) is 17.2 Å². The van der Waals surface area contributed by atoms with E-state index in [1.54, 1.807) is 21.3 Å². The second-order valence-electron chi connectivity index (χ2n) is 6.39. The Balaban J connectivity index is 1.79. The summed E-state index contributed by atoms with van der Waals surface area (Å²) >= 11 is 0. The van der Waals surface area contributed by atoms with Gasteiger partial charge < -0.3 is 24.4 Å². The molecule has 2 aromatic rings. The first-order chi connectivity index (χ1) is 13.1. The Labute approximate surface area is 161 Å². The van der Waals surface area contributed by atoms with E-state index in [2.05, 4.69) is 12.4 Å². The molecular formula is C21H29N2O4+. The van der Waals surface area contributed by atoms with E-state index in [-0.39, 0.29) is 5.91 Å². The fraction of sp³-hybridized carbons (Fsp3) is 0.381. The Kier molecular flexibility index (Phi) is 7.95. The molecule has 6 nitrogen and oxygen atoms in total. The number of quaternary nitrogens is 1. The van der Waals surface area contributed by atoms with Crippen LogP contribution in [-0.2, 0) is 11.2 Å². The van der Waals surface area contributed by atoms with Gasteiger partial charge in [-0.05, 0) is 29.8 Å². The van der Waals surface area contributed by atoms with Gasteiger partial charge >= 0.3 is 0 Å². The van der Waals surface area contributed by atoms with E-state index in [9.17, 15) is 4.79 Å². The van der Waals surface area contributed by atoms with E-state index in [0.29, 0.717) is 17.9 Å². The lowest BCUT2D eigenvalue weighted by Gasteiger charge is -2.15. The molecule has 0 spiro atoms. The Morgan fingerprint density at radius 2 is 1.63 bits per heavy atom. The molecule has 0 bridgehead atoms. The highest BCUT2D eigenvalue weighted by atomic mass is 16.5. The maximum Gasteiger partial charge on any atom is 0.230 e. The van der Waals surface area contributed by atoms with Gasteiger partial charge in [-0.3, -0.25) is 4.79 Å². The van der Waals surface area contributed by atoms with Crippen molar-refractivity contribution in [3.63, 3.8) is 0 Å². The summed E-state index contributed by atoms with van der Waals surface area (Å²) in [5, 5.41) is 2.91. The molecule has 0 heterocycles. The van der Waals surface area contributed by atoms with Gasteiger partial charge in [0.25, 0.3) is 0 Å². The summed E-state index contributed by atoms with van der Waals surface area (Å²) in [6, 6.07) is 13.4. The van der Waals surface area contributed by atoms with Crippen molar-refractivity contribution >= 4 is 11.6 Å². The molecular weight excluding hydrogens is 344 g/mol. The number of methoxy groups -OCH3 is 3. The zero-order valence-electron chi connectivity index (χ0n) is 16.5. The number of carbonyl (C=O) groups is 1. The first-order valence-electron chi connectivity index (χ1n) is 9.02. The lowest BCUT2D eigenvalue weighted by molar-refractivity contribution is -0.878. The summed E-state index contributed by atoms with van der Waals surface area (Å²) in [7, 11) is 6.96. The summed E-state index contributed by atoms with van der Waals surface area (Å²) in [4.78, 5) is 13.5. The fourth-order valence-electron chi connectivity index (χ4n) is 2.81. The van der Waals surface area contributed by atoms with Crippen LogP contribution in [0.25, 0.3) is 0 Å². The summed E-state index contributed by atoms with van der Waals surface area (Å²) in [6.07, 6.45) is 1.36. The molecule has 0 fully saturated rings. The minimum Gasteiger partial charge on any atom is -0.495 e. The smallest absolute Gasteiger partial charge is 0.230 e. The Hall–Kier alpha value is -2.73. The van der Waals surface area contributed by atoms with Crippen LogP contribution in [0.2, 0.25) is 0 Å². The van der Waals surface area contributed by atoms with Gasteiger partial charge in [0.1, 0.15) is 5.75 Å². The van der Waals surface area contributed by atoms with E-state index < -0.39 is 0 Å².